The average molecular weight is 184 g/mol. The Morgan fingerprint density at radius 1 is 1.62 bits per heavy atom. The zero-order valence-electron chi connectivity index (χ0n) is 7.94. The van der Waals surface area contributed by atoms with Gasteiger partial charge in [-0.25, -0.2) is 0 Å². The summed E-state index contributed by atoms with van der Waals surface area (Å²) in [5, 5.41) is 7.89. The molecule has 0 aromatic carbocycles. The zero-order chi connectivity index (χ0) is 9.52. The van der Waals surface area contributed by atoms with Crippen molar-refractivity contribution in [3.63, 3.8) is 0 Å². The van der Waals surface area contributed by atoms with Crippen LogP contribution in [0.1, 0.15) is 19.0 Å². The Labute approximate surface area is 77.9 Å². The predicted octanol–water partition coefficient (Wildman–Crippen LogP) is 0.163. The number of hydrogen-bond donors (Lipinski definition) is 1. The van der Waals surface area contributed by atoms with Crippen molar-refractivity contribution in [2.24, 2.45) is 5.73 Å². The van der Waals surface area contributed by atoms with Crippen molar-refractivity contribution in [3.05, 3.63) is 11.9 Å². The molecule has 13 heavy (non-hydrogen) atoms. The molecule has 1 rings (SSSR count). The summed E-state index contributed by atoms with van der Waals surface area (Å²) in [6.45, 7) is 4.71. The van der Waals surface area contributed by atoms with Gasteiger partial charge in [0.1, 0.15) is 5.69 Å². The second-order valence-electron chi connectivity index (χ2n) is 2.75. The number of ether oxygens (including phenoxy) is 1. The van der Waals surface area contributed by atoms with Gasteiger partial charge in [-0.05, 0) is 19.9 Å². The summed E-state index contributed by atoms with van der Waals surface area (Å²) in [4.78, 5) is 0. The third kappa shape index (κ3) is 3.52. The van der Waals surface area contributed by atoms with E-state index in [-0.39, 0.29) is 0 Å². The van der Waals surface area contributed by atoms with Gasteiger partial charge in [0.05, 0.1) is 12.8 Å². The van der Waals surface area contributed by atoms with Gasteiger partial charge in [-0.15, -0.1) is 5.10 Å². The van der Waals surface area contributed by atoms with Gasteiger partial charge < -0.3 is 10.5 Å². The second kappa shape index (κ2) is 5.66. The molecule has 0 aliphatic carbocycles. The molecule has 0 saturated carbocycles. The number of nitrogens with two attached hydrogens (primary N) is 1. The molecular weight excluding hydrogens is 168 g/mol. The molecule has 0 spiro atoms. The summed E-state index contributed by atoms with van der Waals surface area (Å²) in [7, 11) is 0. The monoisotopic (exact) mass is 184 g/mol. The standard InChI is InChI=1S/C8H16N4O/c1-2-13-7-8-6-12(11-10-8)5-3-4-9/h6H,2-5,7,9H2,1H3. The molecule has 0 bridgehead atoms. The van der Waals surface area contributed by atoms with E-state index in [0.717, 1.165) is 18.7 Å². The molecule has 5 nitrogen and oxygen atoms in total. The smallest absolute Gasteiger partial charge is 0.108 e. The van der Waals surface area contributed by atoms with Gasteiger partial charge in [-0.2, -0.15) is 0 Å². The van der Waals surface area contributed by atoms with Crippen LogP contribution in [0.5, 0.6) is 0 Å². The average Bonchev–Trinajstić information content (AvgIpc) is 2.59. The molecule has 0 atom stereocenters. The van der Waals surface area contributed by atoms with Crippen LogP contribution in [0.2, 0.25) is 0 Å². The van der Waals surface area contributed by atoms with Crippen LogP contribution in [0, 0.1) is 0 Å². The van der Waals surface area contributed by atoms with Crippen molar-refractivity contribution in [2.45, 2.75) is 26.5 Å². The molecule has 0 aliphatic rings. The number of nitrogens with zero attached hydrogens (tertiary/aromatic N) is 3. The molecule has 74 valence electrons. The number of hydrogen-bond acceptors (Lipinski definition) is 4. The lowest BCUT2D eigenvalue weighted by Gasteiger charge is -1.96. The fourth-order valence-electron chi connectivity index (χ4n) is 0.974. The van der Waals surface area contributed by atoms with Crippen LogP contribution in [0.4, 0.5) is 0 Å². The Kier molecular flexibility index (Phi) is 4.42. The molecule has 0 unspecified atom stereocenters. The highest BCUT2D eigenvalue weighted by atomic mass is 16.5. The summed E-state index contributed by atoms with van der Waals surface area (Å²) in [5.74, 6) is 0. The third-order valence-electron chi connectivity index (χ3n) is 1.63. The van der Waals surface area contributed by atoms with Crippen LogP contribution in [0.15, 0.2) is 6.20 Å². The molecule has 0 amide bonds. The molecule has 0 saturated heterocycles. The summed E-state index contributed by atoms with van der Waals surface area (Å²) in [6, 6.07) is 0. The highest BCUT2D eigenvalue weighted by Gasteiger charge is 1.99. The number of aryl methyl sites for hydroxylation is 1. The van der Waals surface area contributed by atoms with E-state index in [1.165, 1.54) is 0 Å². The van der Waals surface area contributed by atoms with Gasteiger partial charge in [0, 0.05) is 13.2 Å². The number of aromatic nitrogens is 3. The largest absolute Gasteiger partial charge is 0.375 e. The van der Waals surface area contributed by atoms with Crippen LogP contribution in [0.3, 0.4) is 0 Å². The molecule has 1 heterocycles. The van der Waals surface area contributed by atoms with Crippen molar-refractivity contribution >= 4 is 0 Å². The molecule has 1 aromatic heterocycles. The van der Waals surface area contributed by atoms with Crippen molar-refractivity contribution in [1.29, 1.82) is 0 Å². The lowest BCUT2D eigenvalue weighted by Crippen LogP contribution is -2.06. The predicted molar refractivity (Wildman–Crippen MR) is 49.0 cm³/mol. The van der Waals surface area contributed by atoms with Gasteiger partial charge >= 0.3 is 0 Å². The van der Waals surface area contributed by atoms with E-state index in [1.54, 1.807) is 4.68 Å². The van der Waals surface area contributed by atoms with Gasteiger partial charge in [0.15, 0.2) is 0 Å². The van der Waals surface area contributed by atoms with Gasteiger partial charge in [-0.1, -0.05) is 5.21 Å². The minimum absolute atomic E-state index is 0.541. The summed E-state index contributed by atoms with van der Waals surface area (Å²) in [5.41, 5.74) is 6.25. The summed E-state index contributed by atoms with van der Waals surface area (Å²) in [6.07, 6.45) is 2.82. The van der Waals surface area contributed by atoms with Crippen LogP contribution < -0.4 is 5.73 Å². The Balaban J connectivity index is 2.34. The van der Waals surface area contributed by atoms with Crippen LogP contribution >= 0.6 is 0 Å². The fourth-order valence-corrected chi connectivity index (χ4v) is 0.974. The summed E-state index contributed by atoms with van der Waals surface area (Å²) < 4.78 is 6.99. The molecule has 2 N–H and O–H groups in total. The maximum absolute atomic E-state index is 5.38. The van der Waals surface area contributed by atoms with Gasteiger partial charge in [0.2, 0.25) is 0 Å². The van der Waals surface area contributed by atoms with E-state index in [4.69, 9.17) is 10.5 Å². The Morgan fingerprint density at radius 3 is 3.15 bits per heavy atom. The highest BCUT2D eigenvalue weighted by molar-refractivity contribution is 4.89. The van der Waals surface area contributed by atoms with Crippen LogP contribution in [-0.4, -0.2) is 28.1 Å². The Hall–Kier alpha value is -0.940. The maximum Gasteiger partial charge on any atom is 0.108 e. The Morgan fingerprint density at radius 2 is 2.46 bits per heavy atom. The first-order valence-electron chi connectivity index (χ1n) is 4.53. The number of rotatable bonds is 6. The van der Waals surface area contributed by atoms with E-state index in [1.807, 2.05) is 13.1 Å². The summed E-state index contributed by atoms with van der Waals surface area (Å²) >= 11 is 0. The van der Waals surface area contributed by atoms with E-state index in [9.17, 15) is 0 Å². The van der Waals surface area contributed by atoms with Crippen LogP contribution in [0.25, 0.3) is 0 Å². The van der Waals surface area contributed by atoms with Crippen molar-refractivity contribution in [2.75, 3.05) is 13.2 Å². The highest BCUT2D eigenvalue weighted by Crippen LogP contribution is 1.96. The first-order chi connectivity index (χ1) is 6.36. The lowest BCUT2D eigenvalue weighted by molar-refractivity contribution is 0.131. The first-order valence-corrected chi connectivity index (χ1v) is 4.53. The van der Waals surface area contributed by atoms with E-state index in [0.29, 0.717) is 19.8 Å². The van der Waals surface area contributed by atoms with Crippen LogP contribution in [-0.2, 0) is 17.9 Å². The van der Waals surface area contributed by atoms with Crippen molar-refractivity contribution in [3.8, 4) is 0 Å². The third-order valence-corrected chi connectivity index (χ3v) is 1.63. The van der Waals surface area contributed by atoms with Gasteiger partial charge in [-0.3, -0.25) is 4.68 Å². The quantitative estimate of drug-likeness (QED) is 0.684. The lowest BCUT2D eigenvalue weighted by atomic mass is 10.4. The maximum atomic E-state index is 5.38. The van der Waals surface area contributed by atoms with Gasteiger partial charge in [0.25, 0.3) is 0 Å². The minimum atomic E-state index is 0.541. The van der Waals surface area contributed by atoms with E-state index in [2.05, 4.69) is 10.3 Å². The van der Waals surface area contributed by atoms with Crippen molar-refractivity contribution < 1.29 is 4.74 Å². The zero-order valence-corrected chi connectivity index (χ0v) is 7.94. The molecule has 0 aliphatic heterocycles. The normalized spacial score (nSPS) is 10.6. The molecule has 5 heteroatoms. The molecule has 0 fully saturated rings. The fraction of sp³-hybridized carbons (Fsp3) is 0.750. The van der Waals surface area contributed by atoms with E-state index < -0.39 is 0 Å². The second-order valence-corrected chi connectivity index (χ2v) is 2.75. The molecule has 1 aromatic rings. The SMILES string of the molecule is CCOCc1cn(CCCN)nn1. The Bertz CT molecular complexity index is 213. The molecule has 0 radical (unpaired) electrons. The first kappa shape index (κ1) is 10.1. The van der Waals surface area contributed by atoms with E-state index >= 15 is 0 Å². The minimum Gasteiger partial charge on any atom is -0.375 e. The molecular formula is C8H16N4O. The van der Waals surface area contributed by atoms with Crippen molar-refractivity contribution in [1.82, 2.24) is 15.0 Å². The topological polar surface area (TPSA) is 66.0 Å².